The van der Waals surface area contributed by atoms with Gasteiger partial charge in [0.05, 0.1) is 18.1 Å². The number of carbonyl (C=O) groups excluding carboxylic acids is 1. The molecule has 0 aromatic carbocycles. The highest BCUT2D eigenvalue weighted by atomic mass is 32.2. The monoisotopic (exact) mass is 401 g/mol. The number of rotatable bonds is 8. The number of aliphatic hydroxyl groups excluding tert-OH is 1. The molecule has 0 saturated carbocycles. The van der Waals surface area contributed by atoms with E-state index in [1.54, 1.807) is 14.0 Å². The molecular formula is C18H28FN3O4S. The smallest absolute Gasteiger partial charge is 0.353 e. The van der Waals surface area contributed by atoms with Crippen molar-refractivity contribution in [3.05, 3.63) is 10.6 Å². The first-order valence-corrected chi connectivity index (χ1v) is 10.3. The topological polar surface area (TPSA) is 102 Å². The second-order valence-corrected chi connectivity index (χ2v) is 9.09. The molecule has 2 saturated heterocycles. The van der Waals surface area contributed by atoms with Crippen LogP contribution in [0.25, 0.3) is 0 Å². The number of nitrogens with zero attached hydrogens (tertiary/aromatic N) is 1. The molecule has 0 aromatic rings. The van der Waals surface area contributed by atoms with Crippen molar-refractivity contribution in [1.82, 2.24) is 15.5 Å². The Labute approximate surface area is 162 Å². The van der Waals surface area contributed by atoms with Crippen molar-refractivity contribution in [3.8, 4) is 0 Å². The summed E-state index contributed by atoms with van der Waals surface area (Å²) in [6.07, 6.45) is -0.528. The molecule has 1 amide bonds. The number of nitrogens with one attached hydrogen (secondary N) is 2. The molecular weight excluding hydrogens is 373 g/mol. The van der Waals surface area contributed by atoms with Crippen LogP contribution in [0.1, 0.15) is 26.7 Å². The minimum Gasteiger partial charge on any atom is -0.477 e. The molecule has 9 heteroatoms. The molecule has 0 spiro atoms. The number of hydrogen-bond acceptors (Lipinski definition) is 6. The molecule has 0 bridgehead atoms. The van der Waals surface area contributed by atoms with Crippen molar-refractivity contribution in [2.45, 2.75) is 56.3 Å². The van der Waals surface area contributed by atoms with Gasteiger partial charge in [-0.15, -0.1) is 11.8 Å². The standard InChI is InChI=1S/C18H28FN3O4S/c1-8-14-13(9(2)23)17(24)22(14)15(18(25)26)16(8)27-12-5-11(21-7-12)4-10(19)6-20-3/h8-14,20-21,23H,4-7H2,1-3H3,(H,25,26)/t8-,9?,10?,11-,12+,13?,14-/m1/s1. The van der Waals surface area contributed by atoms with E-state index in [-0.39, 0.29) is 34.9 Å². The number of fused-ring (bicyclic) bond motifs is 1. The Kier molecular flexibility index (Phi) is 6.14. The second kappa shape index (κ2) is 8.06. The van der Waals surface area contributed by atoms with Crippen LogP contribution in [-0.2, 0) is 9.59 Å². The van der Waals surface area contributed by atoms with Gasteiger partial charge in [-0.3, -0.25) is 4.79 Å². The number of halogens is 1. The van der Waals surface area contributed by atoms with Gasteiger partial charge in [0.25, 0.3) is 0 Å². The van der Waals surface area contributed by atoms with E-state index in [4.69, 9.17) is 0 Å². The molecule has 27 heavy (non-hydrogen) atoms. The third kappa shape index (κ3) is 3.74. The first kappa shape index (κ1) is 20.6. The molecule has 3 unspecified atom stereocenters. The first-order valence-electron chi connectivity index (χ1n) is 9.43. The molecule has 3 heterocycles. The van der Waals surface area contributed by atoms with Crippen molar-refractivity contribution in [3.63, 3.8) is 0 Å². The second-order valence-electron chi connectivity index (χ2n) is 7.74. The Morgan fingerprint density at radius 2 is 2.22 bits per heavy atom. The fourth-order valence-corrected chi connectivity index (χ4v) is 6.04. The van der Waals surface area contributed by atoms with Gasteiger partial charge in [-0.25, -0.2) is 9.18 Å². The van der Waals surface area contributed by atoms with Gasteiger partial charge in [0, 0.05) is 35.2 Å². The van der Waals surface area contributed by atoms with E-state index in [2.05, 4.69) is 10.6 Å². The van der Waals surface area contributed by atoms with Gasteiger partial charge in [0.2, 0.25) is 5.91 Å². The van der Waals surface area contributed by atoms with E-state index >= 15 is 0 Å². The lowest BCUT2D eigenvalue weighted by Crippen LogP contribution is -2.63. The van der Waals surface area contributed by atoms with Crippen molar-refractivity contribution < 1.29 is 24.2 Å². The minimum atomic E-state index is -1.11. The van der Waals surface area contributed by atoms with E-state index < -0.39 is 24.2 Å². The van der Waals surface area contributed by atoms with Crippen LogP contribution in [0.3, 0.4) is 0 Å². The summed E-state index contributed by atoms with van der Waals surface area (Å²) in [6, 6.07) is -0.220. The molecule has 7 atom stereocenters. The summed E-state index contributed by atoms with van der Waals surface area (Å²) in [5.74, 6) is -2.10. The van der Waals surface area contributed by atoms with Crippen molar-refractivity contribution in [2.24, 2.45) is 11.8 Å². The number of thioether (sulfide) groups is 1. The van der Waals surface area contributed by atoms with Gasteiger partial charge < -0.3 is 25.7 Å². The van der Waals surface area contributed by atoms with E-state index in [1.807, 2.05) is 6.92 Å². The minimum absolute atomic E-state index is 0.0569. The summed E-state index contributed by atoms with van der Waals surface area (Å²) >= 11 is 1.49. The summed E-state index contributed by atoms with van der Waals surface area (Å²) < 4.78 is 13.8. The quantitative estimate of drug-likeness (QED) is 0.441. The van der Waals surface area contributed by atoms with Gasteiger partial charge in [0.15, 0.2) is 0 Å². The Morgan fingerprint density at radius 3 is 2.81 bits per heavy atom. The lowest BCUT2D eigenvalue weighted by atomic mass is 9.79. The van der Waals surface area contributed by atoms with Crippen LogP contribution >= 0.6 is 11.8 Å². The Bertz CT molecular complexity index is 644. The number of β-lactam (4-membered cyclic amide) rings is 1. The Balaban J connectivity index is 1.69. The summed E-state index contributed by atoms with van der Waals surface area (Å²) in [4.78, 5) is 26.2. The van der Waals surface area contributed by atoms with Crippen LogP contribution in [0.15, 0.2) is 10.6 Å². The zero-order valence-electron chi connectivity index (χ0n) is 15.8. The molecule has 0 aromatic heterocycles. The third-order valence-electron chi connectivity index (χ3n) is 5.75. The van der Waals surface area contributed by atoms with Crippen LogP contribution in [0, 0.1) is 11.8 Å². The van der Waals surface area contributed by atoms with Gasteiger partial charge in [-0.2, -0.15) is 0 Å². The predicted octanol–water partition coefficient (Wildman–Crippen LogP) is 0.551. The van der Waals surface area contributed by atoms with E-state index in [0.29, 0.717) is 24.4 Å². The average Bonchev–Trinajstić information content (AvgIpc) is 3.10. The lowest BCUT2D eigenvalue weighted by molar-refractivity contribution is -0.163. The van der Waals surface area contributed by atoms with Crippen molar-refractivity contribution >= 4 is 23.6 Å². The van der Waals surface area contributed by atoms with Crippen LogP contribution in [0.5, 0.6) is 0 Å². The van der Waals surface area contributed by atoms with Crippen molar-refractivity contribution in [1.29, 1.82) is 0 Å². The number of hydrogen-bond donors (Lipinski definition) is 4. The SMILES string of the molecule is CNCC(F)C[C@@H]1C[C@H](SC2=C(C(=O)O)N3C(=O)C(C(C)O)[C@H]3[C@H]2C)CN1. The summed E-state index contributed by atoms with van der Waals surface area (Å²) in [6.45, 7) is 4.49. The highest BCUT2D eigenvalue weighted by Gasteiger charge is 2.60. The Morgan fingerprint density at radius 1 is 1.52 bits per heavy atom. The van der Waals surface area contributed by atoms with Crippen LogP contribution in [-0.4, -0.2) is 76.7 Å². The molecule has 152 valence electrons. The maximum atomic E-state index is 13.8. The molecule has 0 radical (unpaired) electrons. The lowest BCUT2D eigenvalue weighted by Gasteiger charge is -2.46. The number of carboxylic acid groups (broad SMARTS) is 1. The molecule has 0 aliphatic carbocycles. The molecule has 3 aliphatic rings. The normalized spacial score (nSPS) is 35.2. The highest BCUT2D eigenvalue weighted by molar-refractivity contribution is 8.03. The van der Waals surface area contributed by atoms with E-state index in [0.717, 1.165) is 6.42 Å². The molecule has 7 nitrogen and oxygen atoms in total. The molecule has 3 rings (SSSR count). The molecule has 3 aliphatic heterocycles. The zero-order chi connectivity index (χ0) is 19.9. The predicted molar refractivity (Wildman–Crippen MR) is 101 cm³/mol. The van der Waals surface area contributed by atoms with E-state index in [9.17, 15) is 24.2 Å². The Hall–Kier alpha value is -1.16. The van der Waals surface area contributed by atoms with Crippen LogP contribution in [0.4, 0.5) is 4.39 Å². The summed E-state index contributed by atoms with van der Waals surface area (Å²) in [5, 5.41) is 25.9. The highest BCUT2D eigenvalue weighted by Crippen LogP contribution is 2.51. The fourth-order valence-electron chi connectivity index (χ4n) is 4.52. The largest absolute Gasteiger partial charge is 0.477 e. The van der Waals surface area contributed by atoms with Crippen LogP contribution in [0.2, 0.25) is 0 Å². The van der Waals surface area contributed by atoms with E-state index in [1.165, 1.54) is 16.7 Å². The van der Waals surface area contributed by atoms with Crippen molar-refractivity contribution in [2.75, 3.05) is 20.1 Å². The zero-order valence-corrected chi connectivity index (χ0v) is 16.6. The number of aliphatic carboxylic acids is 1. The summed E-state index contributed by atoms with van der Waals surface area (Å²) in [5.41, 5.74) is 0.0569. The summed E-state index contributed by atoms with van der Waals surface area (Å²) in [7, 11) is 1.72. The fraction of sp³-hybridized carbons (Fsp3) is 0.778. The van der Waals surface area contributed by atoms with Crippen LogP contribution < -0.4 is 10.6 Å². The van der Waals surface area contributed by atoms with Gasteiger partial charge >= 0.3 is 5.97 Å². The number of amides is 1. The molecule has 4 N–H and O–H groups in total. The number of carbonyl (C=O) groups is 2. The third-order valence-corrected chi connectivity index (χ3v) is 7.26. The number of aliphatic hydroxyl groups is 1. The maximum Gasteiger partial charge on any atom is 0.353 e. The molecule has 2 fully saturated rings. The maximum absolute atomic E-state index is 13.8. The first-order chi connectivity index (χ1) is 12.8. The number of alkyl halides is 1. The average molecular weight is 402 g/mol. The van der Waals surface area contributed by atoms with Gasteiger partial charge in [-0.05, 0) is 26.8 Å². The number of carboxylic acids is 1. The van der Waals surface area contributed by atoms with Gasteiger partial charge in [-0.1, -0.05) is 6.92 Å². The van der Waals surface area contributed by atoms with Gasteiger partial charge in [0.1, 0.15) is 11.9 Å².